The van der Waals surface area contributed by atoms with Gasteiger partial charge in [0.05, 0.1) is 10.9 Å². The molecular weight excluding hydrogens is 362 g/mol. The summed E-state index contributed by atoms with van der Waals surface area (Å²) < 4.78 is 10.9. The summed E-state index contributed by atoms with van der Waals surface area (Å²) in [6.45, 7) is 4.73. The van der Waals surface area contributed by atoms with Crippen molar-refractivity contribution in [1.29, 1.82) is 0 Å². The summed E-state index contributed by atoms with van der Waals surface area (Å²) in [5.74, 6) is 1.58. The molecule has 0 aromatic carbocycles. The number of carbonyl (C=O) groups is 1. The molecular formula is C20H23N3O3S. The minimum Gasteiger partial charge on any atom is -0.360 e. The van der Waals surface area contributed by atoms with Gasteiger partial charge >= 0.3 is 0 Å². The lowest BCUT2D eigenvalue weighted by atomic mass is 10.1. The number of hydrogen-bond acceptors (Lipinski definition) is 6. The highest BCUT2D eigenvalue weighted by Crippen LogP contribution is 2.34. The molecule has 1 aliphatic heterocycles. The zero-order valence-corrected chi connectivity index (χ0v) is 16.4. The quantitative estimate of drug-likeness (QED) is 0.611. The first kappa shape index (κ1) is 18.0. The Bertz CT molecular complexity index is 897. The van der Waals surface area contributed by atoms with E-state index < -0.39 is 0 Å². The van der Waals surface area contributed by atoms with Crippen molar-refractivity contribution < 1.29 is 13.8 Å². The van der Waals surface area contributed by atoms with Gasteiger partial charge in [-0.25, -0.2) is 0 Å². The van der Waals surface area contributed by atoms with E-state index in [1.54, 1.807) is 17.4 Å². The van der Waals surface area contributed by atoms with E-state index in [1.165, 1.54) is 0 Å². The normalized spacial score (nSPS) is 18.0. The van der Waals surface area contributed by atoms with Gasteiger partial charge < -0.3 is 13.9 Å². The van der Waals surface area contributed by atoms with Crippen LogP contribution in [0.1, 0.15) is 73.4 Å². The molecule has 27 heavy (non-hydrogen) atoms. The largest absolute Gasteiger partial charge is 0.360 e. The van der Waals surface area contributed by atoms with Gasteiger partial charge in [-0.15, -0.1) is 11.3 Å². The molecule has 0 aliphatic carbocycles. The standard InChI is InChI=1S/C20H23N3O3S/c1-13(2)17-12-15(22-25-17)20(24)23-9-5-3-4-7-16(23)14-11-18(26-21-14)19-8-6-10-27-19/h6,8,10-13,16H,3-5,7,9H2,1-2H3. The van der Waals surface area contributed by atoms with Crippen molar-refractivity contribution in [2.75, 3.05) is 6.54 Å². The lowest BCUT2D eigenvalue weighted by Gasteiger charge is -2.27. The minimum atomic E-state index is -0.100. The van der Waals surface area contributed by atoms with Crippen LogP contribution in [0.4, 0.5) is 0 Å². The molecule has 1 unspecified atom stereocenters. The van der Waals surface area contributed by atoms with Crippen LogP contribution in [-0.4, -0.2) is 27.7 Å². The Morgan fingerprint density at radius 3 is 2.85 bits per heavy atom. The second-order valence-electron chi connectivity index (χ2n) is 7.23. The maximum atomic E-state index is 13.2. The van der Waals surface area contributed by atoms with E-state index in [2.05, 4.69) is 10.3 Å². The van der Waals surface area contributed by atoms with Crippen LogP contribution in [0.15, 0.2) is 38.7 Å². The van der Waals surface area contributed by atoms with E-state index in [1.807, 2.05) is 42.3 Å². The van der Waals surface area contributed by atoms with Gasteiger partial charge in [-0.1, -0.05) is 43.1 Å². The minimum absolute atomic E-state index is 0.0989. The van der Waals surface area contributed by atoms with E-state index in [0.29, 0.717) is 12.2 Å². The van der Waals surface area contributed by atoms with E-state index in [4.69, 9.17) is 9.05 Å². The van der Waals surface area contributed by atoms with E-state index >= 15 is 0 Å². The van der Waals surface area contributed by atoms with E-state index in [9.17, 15) is 4.79 Å². The predicted molar refractivity (Wildman–Crippen MR) is 103 cm³/mol. The molecule has 7 heteroatoms. The maximum Gasteiger partial charge on any atom is 0.276 e. The summed E-state index contributed by atoms with van der Waals surface area (Å²) in [4.78, 5) is 16.1. The number of thiophene rings is 1. The lowest BCUT2D eigenvalue weighted by molar-refractivity contribution is 0.0663. The van der Waals surface area contributed by atoms with Crippen molar-refractivity contribution in [1.82, 2.24) is 15.2 Å². The molecule has 1 saturated heterocycles. The predicted octanol–water partition coefficient (Wildman–Crippen LogP) is 5.27. The van der Waals surface area contributed by atoms with Crippen molar-refractivity contribution in [3.8, 4) is 10.6 Å². The second kappa shape index (κ2) is 7.68. The van der Waals surface area contributed by atoms with Gasteiger partial charge in [-0.2, -0.15) is 0 Å². The number of rotatable bonds is 4. The molecule has 1 fully saturated rings. The second-order valence-corrected chi connectivity index (χ2v) is 8.17. The van der Waals surface area contributed by atoms with Crippen LogP contribution in [0.3, 0.4) is 0 Å². The van der Waals surface area contributed by atoms with Crippen LogP contribution >= 0.6 is 11.3 Å². The third-order valence-electron chi connectivity index (χ3n) is 4.96. The zero-order chi connectivity index (χ0) is 18.8. The molecule has 1 atom stereocenters. The van der Waals surface area contributed by atoms with Crippen molar-refractivity contribution in [3.63, 3.8) is 0 Å². The zero-order valence-electron chi connectivity index (χ0n) is 15.6. The summed E-state index contributed by atoms with van der Waals surface area (Å²) in [6, 6.07) is 7.62. The molecule has 4 heterocycles. The van der Waals surface area contributed by atoms with Crippen LogP contribution in [0, 0.1) is 0 Å². The Morgan fingerprint density at radius 2 is 2.11 bits per heavy atom. The molecule has 4 rings (SSSR count). The summed E-state index contributed by atoms with van der Waals surface area (Å²) in [5, 5.41) is 10.3. The molecule has 0 bridgehead atoms. The number of hydrogen-bond donors (Lipinski definition) is 0. The van der Waals surface area contributed by atoms with Crippen LogP contribution in [-0.2, 0) is 0 Å². The van der Waals surface area contributed by atoms with Crippen molar-refractivity contribution in [2.24, 2.45) is 0 Å². The molecule has 1 amide bonds. The summed E-state index contributed by atoms with van der Waals surface area (Å²) in [5.41, 5.74) is 1.17. The summed E-state index contributed by atoms with van der Waals surface area (Å²) >= 11 is 1.61. The van der Waals surface area contributed by atoms with Gasteiger partial charge in [0.25, 0.3) is 5.91 Å². The first-order valence-electron chi connectivity index (χ1n) is 9.41. The summed E-state index contributed by atoms with van der Waals surface area (Å²) in [7, 11) is 0. The first-order chi connectivity index (χ1) is 13.1. The molecule has 6 nitrogen and oxygen atoms in total. The molecule has 3 aromatic heterocycles. The summed E-state index contributed by atoms with van der Waals surface area (Å²) in [6.07, 6.45) is 4.02. The number of carbonyl (C=O) groups excluding carboxylic acids is 1. The maximum absolute atomic E-state index is 13.2. The van der Waals surface area contributed by atoms with Crippen molar-refractivity contribution in [2.45, 2.75) is 51.5 Å². The Kier molecular flexibility index (Phi) is 5.11. The first-order valence-corrected chi connectivity index (χ1v) is 10.3. The highest BCUT2D eigenvalue weighted by atomic mass is 32.1. The topological polar surface area (TPSA) is 72.4 Å². The number of likely N-dealkylation sites (tertiary alicyclic amines) is 1. The average molecular weight is 385 g/mol. The Hall–Kier alpha value is -2.41. The molecule has 0 N–H and O–H groups in total. The molecule has 3 aromatic rings. The number of nitrogens with zero attached hydrogens (tertiary/aromatic N) is 3. The molecule has 0 spiro atoms. The van der Waals surface area contributed by atoms with Gasteiger partial charge in [-0.3, -0.25) is 4.79 Å². The van der Waals surface area contributed by atoms with Gasteiger partial charge in [0.15, 0.2) is 11.5 Å². The van der Waals surface area contributed by atoms with E-state index in [-0.39, 0.29) is 17.9 Å². The monoisotopic (exact) mass is 385 g/mol. The lowest BCUT2D eigenvalue weighted by Crippen LogP contribution is -2.35. The number of amides is 1. The van der Waals surface area contributed by atoms with Gasteiger partial charge in [-0.05, 0) is 24.3 Å². The highest BCUT2D eigenvalue weighted by Gasteiger charge is 2.31. The van der Waals surface area contributed by atoms with Gasteiger partial charge in [0.1, 0.15) is 11.5 Å². The van der Waals surface area contributed by atoms with Crippen LogP contribution < -0.4 is 0 Å². The van der Waals surface area contributed by atoms with Crippen molar-refractivity contribution in [3.05, 3.63) is 46.8 Å². The fraction of sp³-hybridized carbons (Fsp3) is 0.450. The van der Waals surface area contributed by atoms with E-state index in [0.717, 1.165) is 47.8 Å². The fourth-order valence-electron chi connectivity index (χ4n) is 3.45. The molecule has 1 aliphatic rings. The highest BCUT2D eigenvalue weighted by molar-refractivity contribution is 7.13. The van der Waals surface area contributed by atoms with Crippen molar-refractivity contribution >= 4 is 17.2 Å². The Balaban J connectivity index is 1.62. The van der Waals surface area contributed by atoms with Crippen LogP contribution in [0.5, 0.6) is 0 Å². The van der Waals surface area contributed by atoms with Gasteiger partial charge in [0.2, 0.25) is 0 Å². The smallest absolute Gasteiger partial charge is 0.276 e. The fourth-order valence-corrected chi connectivity index (χ4v) is 4.12. The Morgan fingerprint density at radius 1 is 1.22 bits per heavy atom. The molecule has 142 valence electrons. The third-order valence-corrected chi connectivity index (χ3v) is 5.85. The Labute approximate surface area is 162 Å². The SMILES string of the molecule is CC(C)c1cc(C(=O)N2CCCCCC2c2cc(-c3cccs3)on2)no1. The van der Waals surface area contributed by atoms with Gasteiger partial charge in [0, 0.05) is 24.6 Å². The third kappa shape index (κ3) is 3.69. The van der Waals surface area contributed by atoms with Crippen LogP contribution in [0.25, 0.3) is 10.6 Å². The molecule has 0 radical (unpaired) electrons. The van der Waals surface area contributed by atoms with Crippen LogP contribution in [0.2, 0.25) is 0 Å². The average Bonchev–Trinajstić information content (AvgIpc) is 3.39. The molecule has 0 saturated carbocycles. The number of aromatic nitrogens is 2.